The Labute approximate surface area is 121 Å². The van der Waals surface area contributed by atoms with E-state index in [9.17, 15) is 0 Å². The number of hydrogen-bond donors (Lipinski definition) is 1. The van der Waals surface area contributed by atoms with Crippen LogP contribution < -0.4 is 5.32 Å². The predicted molar refractivity (Wildman–Crippen MR) is 85.0 cm³/mol. The molecule has 0 amide bonds. The molecule has 0 saturated carbocycles. The Morgan fingerprint density at radius 2 is 2.05 bits per heavy atom. The van der Waals surface area contributed by atoms with Crippen LogP contribution >= 0.6 is 0 Å². The van der Waals surface area contributed by atoms with E-state index in [1.165, 1.54) is 12.8 Å². The lowest BCUT2D eigenvalue weighted by atomic mass is 9.97. The number of fused-ring (bicyclic) bond motifs is 1. The van der Waals surface area contributed by atoms with Gasteiger partial charge in [0, 0.05) is 18.5 Å². The van der Waals surface area contributed by atoms with Crippen LogP contribution in [0.4, 0.5) is 5.69 Å². The molecule has 0 aliphatic rings. The first-order valence-corrected chi connectivity index (χ1v) is 7.61. The fraction of sp³-hybridized carbons (Fsp3) is 0.625. The Morgan fingerprint density at radius 1 is 1.30 bits per heavy atom. The summed E-state index contributed by atoms with van der Waals surface area (Å²) in [5.41, 5.74) is 3.08. The largest absolute Gasteiger partial charge is 0.381 e. The Bertz CT molecular complexity index is 573. The van der Waals surface area contributed by atoms with Gasteiger partial charge in [0.15, 0.2) is 5.65 Å². The van der Waals surface area contributed by atoms with Gasteiger partial charge in [-0.2, -0.15) is 5.10 Å². The Hall–Kier alpha value is -1.58. The van der Waals surface area contributed by atoms with Crippen molar-refractivity contribution in [3.8, 4) is 0 Å². The molecular formula is C16H26N4. The molecule has 0 radical (unpaired) electrons. The highest BCUT2D eigenvalue weighted by atomic mass is 15.3. The van der Waals surface area contributed by atoms with Gasteiger partial charge in [0.2, 0.25) is 0 Å². The van der Waals surface area contributed by atoms with E-state index in [4.69, 9.17) is 0 Å². The molecule has 4 heteroatoms. The van der Waals surface area contributed by atoms with Crippen molar-refractivity contribution < 1.29 is 0 Å². The quantitative estimate of drug-likeness (QED) is 0.868. The summed E-state index contributed by atoms with van der Waals surface area (Å²) in [7, 11) is 1.94. The topological polar surface area (TPSA) is 42.7 Å². The molecule has 110 valence electrons. The molecule has 0 bridgehead atoms. The third kappa shape index (κ3) is 3.11. The average Bonchev–Trinajstić information content (AvgIpc) is 2.72. The number of nitrogens with zero attached hydrogens (tertiary/aromatic N) is 3. The zero-order valence-corrected chi connectivity index (χ0v) is 13.3. The first kappa shape index (κ1) is 14.8. The molecule has 2 aromatic heterocycles. The molecule has 20 heavy (non-hydrogen) atoms. The van der Waals surface area contributed by atoms with E-state index in [0.29, 0.717) is 6.04 Å². The van der Waals surface area contributed by atoms with Gasteiger partial charge in [-0.15, -0.1) is 0 Å². The first-order chi connectivity index (χ1) is 9.55. The minimum atomic E-state index is 0.515. The molecule has 0 aliphatic heterocycles. The van der Waals surface area contributed by atoms with Crippen LogP contribution in [-0.2, 0) is 7.05 Å². The molecule has 0 fully saturated rings. The molecule has 2 atom stereocenters. The molecule has 2 rings (SSSR count). The van der Waals surface area contributed by atoms with Crippen molar-refractivity contribution in [3.63, 3.8) is 0 Å². The fourth-order valence-corrected chi connectivity index (χ4v) is 2.60. The molecule has 2 aromatic rings. The second-order valence-corrected chi connectivity index (χ2v) is 5.80. The maximum atomic E-state index is 4.53. The van der Waals surface area contributed by atoms with E-state index in [1.807, 2.05) is 24.9 Å². The predicted octanol–water partition coefficient (Wildman–Crippen LogP) is 3.90. The van der Waals surface area contributed by atoms with Crippen LogP contribution in [0, 0.1) is 12.8 Å². The zero-order valence-electron chi connectivity index (χ0n) is 13.3. The summed E-state index contributed by atoms with van der Waals surface area (Å²) in [6.45, 7) is 8.84. The van der Waals surface area contributed by atoms with Crippen LogP contribution in [0.2, 0.25) is 0 Å². The van der Waals surface area contributed by atoms with Gasteiger partial charge in [-0.3, -0.25) is 4.68 Å². The first-order valence-electron chi connectivity index (χ1n) is 7.61. The number of anilines is 1. The van der Waals surface area contributed by atoms with Crippen molar-refractivity contribution >= 4 is 16.7 Å². The SMILES string of the molecule is CCC(C)CC(CC)Nc1cnc2c(c1)c(C)nn2C. The summed E-state index contributed by atoms with van der Waals surface area (Å²) in [4.78, 5) is 4.53. The summed E-state index contributed by atoms with van der Waals surface area (Å²) in [6, 6.07) is 2.69. The lowest BCUT2D eigenvalue weighted by Gasteiger charge is -2.21. The summed E-state index contributed by atoms with van der Waals surface area (Å²) >= 11 is 0. The van der Waals surface area contributed by atoms with E-state index in [-0.39, 0.29) is 0 Å². The molecular weight excluding hydrogens is 248 g/mol. The fourth-order valence-electron chi connectivity index (χ4n) is 2.60. The number of pyridine rings is 1. The normalized spacial score (nSPS) is 14.4. The highest BCUT2D eigenvalue weighted by molar-refractivity contribution is 5.81. The maximum absolute atomic E-state index is 4.53. The lowest BCUT2D eigenvalue weighted by molar-refractivity contribution is 0.462. The van der Waals surface area contributed by atoms with E-state index in [2.05, 4.69) is 42.2 Å². The van der Waals surface area contributed by atoms with Gasteiger partial charge in [-0.1, -0.05) is 27.2 Å². The Kier molecular flexibility index (Phi) is 4.63. The van der Waals surface area contributed by atoms with Gasteiger partial charge in [-0.25, -0.2) is 4.98 Å². The summed E-state index contributed by atoms with van der Waals surface area (Å²) in [6.07, 6.45) is 5.49. The van der Waals surface area contributed by atoms with Gasteiger partial charge in [0.25, 0.3) is 0 Å². The zero-order chi connectivity index (χ0) is 14.7. The van der Waals surface area contributed by atoms with Crippen molar-refractivity contribution in [2.45, 2.75) is 53.0 Å². The number of aryl methyl sites for hydroxylation is 2. The van der Waals surface area contributed by atoms with Crippen molar-refractivity contribution in [3.05, 3.63) is 18.0 Å². The Morgan fingerprint density at radius 3 is 2.70 bits per heavy atom. The molecule has 1 N–H and O–H groups in total. The van der Waals surface area contributed by atoms with Crippen molar-refractivity contribution in [1.29, 1.82) is 0 Å². The van der Waals surface area contributed by atoms with Crippen molar-refractivity contribution in [1.82, 2.24) is 14.8 Å². The third-order valence-corrected chi connectivity index (χ3v) is 4.11. The number of aromatic nitrogens is 3. The monoisotopic (exact) mass is 274 g/mol. The number of nitrogens with one attached hydrogen (secondary N) is 1. The minimum absolute atomic E-state index is 0.515. The van der Waals surface area contributed by atoms with Gasteiger partial charge in [0.05, 0.1) is 17.6 Å². The van der Waals surface area contributed by atoms with E-state index in [1.54, 1.807) is 0 Å². The summed E-state index contributed by atoms with van der Waals surface area (Å²) in [5, 5.41) is 9.18. The lowest BCUT2D eigenvalue weighted by Crippen LogP contribution is -2.21. The van der Waals surface area contributed by atoms with Gasteiger partial charge < -0.3 is 5.32 Å². The molecule has 0 aliphatic carbocycles. The highest BCUT2D eigenvalue weighted by Gasteiger charge is 2.12. The second kappa shape index (κ2) is 6.25. The van der Waals surface area contributed by atoms with Crippen LogP contribution in [0.5, 0.6) is 0 Å². The summed E-state index contributed by atoms with van der Waals surface area (Å²) < 4.78 is 1.84. The van der Waals surface area contributed by atoms with Crippen LogP contribution in [-0.4, -0.2) is 20.8 Å². The van der Waals surface area contributed by atoms with Gasteiger partial charge >= 0.3 is 0 Å². The van der Waals surface area contributed by atoms with E-state index in [0.717, 1.165) is 34.8 Å². The molecule has 2 heterocycles. The number of rotatable bonds is 6. The van der Waals surface area contributed by atoms with Crippen LogP contribution in [0.1, 0.15) is 45.7 Å². The molecule has 2 unspecified atom stereocenters. The van der Waals surface area contributed by atoms with Gasteiger partial charge in [0.1, 0.15) is 0 Å². The van der Waals surface area contributed by atoms with Crippen molar-refractivity contribution in [2.75, 3.05) is 5.32 Å². The van der Waals surface area contributed by atoms with Crippen molar-refractivity contribution in [2.24, 2.45) is 13.0 Å². The van der Waals surface area contributed by atoms with E-state index < -0.39 is 0 Å². The number of hydrogen-bond acceptors (Lipinski definition) is 3. The van der Waals surface area contributed by atoms with E-state index >= 15 is 0 Å². The second-order valence-electron chi connectivity index (χ2n) is 5.80. The maximum Gasteiger partial charge on any atom is 0.157 e. The summed E-state index contributed by atoms with van der Waals surface area (Å²) in [5.74, 6) is 0.754. The van der Waals surface area contributed by atoms with Crippen LogP contribution in [0.15, 0.2) is 12.3 Å². The minimum Gasteiger partial charge on any atom is -0.381 e. The molecule has 4 nitrogen and oxygen atoms in total. The highest BCUT2D eigenvalue weighted by Crippen LogP contribution is 2.22. The molecule has 0 spiro atoms. The van der Waals surface area contributed by atoms with Gasteiger partial charge in [-0.05, 0) is 31.7 Å². The smallest absolute Gasteiger partial charge is 0.157 e. The van der Waals surface area contributed by atoms with Crippen LogP contribution in [0.3, 0.4) is 0 Å². The third-order valence-electron chi connectivity index (χ3n) is 4.11. The standard InChI is InChI=1S/C16H26N4/c1-6-11(3)8-13(7-2)18-14-9-15-12(4)19-20(5)16(15)17-10-14/h9-11,13,18H,6-8H2,1-5H3. The Balaban J connectivity index is 2.18. The average molecular weight is 274 g/mol. The molecule has 0 aromatic carbocycles. The van der Waals surface area contributed by atoms with Crippen LogP contribution in [0.25, 0.3) is 11.0 Å². The molecule has 0 saturated heterocycles.